The monoisotopic (exact) mass is 146 g/mol. The van der Waals surface area contributed by atoms with Crippen LogP contribution in [0, 0.1) is 0 Å². The molecule has 1 amide bonds. The standard InChI is InChI=1S/C6H14N2O2/c1-5(7-2)6(10)8-3-4-9/h5,7,9H,3-4H2,1-2H3,(H,8,10). The van der Waals surface area contributed by atoms with Gasteiger partial charge in [0.05, 0.1) is 12.6 Å². The van der Waals surface area contributed by atoms with E-state index in [1.54, 1.807) is 14.0 Å². The van der Waals surface area contributed by atoms with E-state index in [0.29, 0.717) is 6.54 Å². The molecule has 10 heavy (non-hydrogen) atoms. The Bertz CT molecular complexity index is 106. The average Bonchev–Trinajstić information content (AvgIpc) is 1.98. The Labute approximate surface area is 60.6 Å². The van der Waals surface area contributed by atoms with Crippen LogP contribution in [0.4, 0.5) is 0 Å². The third-order valence-electron chi connectivity index (χ3n) is 1.24. The fourth-order valence-electron chi connectivity index (χ4n) is 0.463. The molecule has 60 valence electrons. The summed E-state index contributed by atoms with van der Waals surface area (Å²) in [4.78, 5) is 10.8. The molecule has 0 rings (SSSR count). The zero-order valence-electron chi connectivity index (χ0n) is 6.35. The van der Waals surface area contributed by atoms with Crippen molar-refractivity contribution in [1.82, 2.24) is 10.6 Å². The van der Waals surface area contributed by atoms with Gasteiger partial charge in [-0.25, -0.2) is 0 Å². The summed E-state index contributed by atoms with van der Waals surface area (Å²) in [6.07, 6.45) is 0. The van der Waals surface area contributed by atoms with E-state index in [2.05, 4.69) is 10.6 Å². The molecule has 0 aliphatic heterocycles. The predicted molar refractivity (Wildman–Crippen MR) is 38.6 cm³/mol. The van der Waals surface area contributed by atoms with Crippen molar-refractivity contribution in [1.29, 1.82) is 0 Å². The number of amides is 1. The van der Waals surface area contributed by atoms with Crippen molar-refractivity contribution in [2.45, 2.75) is 13.0 Å². The SMILES string of the molecule is CNC(C)C(=O)NCCO. The fourth-order valence-corrected chi connectivity index (χ4v) is 0.463. The quantitative estimate of drug-likeness (QED) is 0.462. The topological polar surface area (TPSA) is 61.4 Å². The van der Waals surface area contributed by atoms with Crippen molar-refractivity contribution in [2.24, 2.45) is 0 Å². The van der Waals surface area contributed by atoms with E-state index in [-0.39, 0.29) is 18.6 Å². The molecular weight excluding hydrogens is 132 g/mol. The highest BCUT2D eigenvalue weighted by Gasteiger charge is 2.07. The van der Waals surface area contributed by atoms with E-state index in [9.17, 15) is 4.79 Å². The Morgan fingerprint density at radius 3 is 2.70 bits per heavy atom. The van der Waals surface area contributed by atoms with Crippen LogP contribution in [0.15, 0.2) is 0 Å². The van der Waals surface area contributed by atoms with E-state index in [0.717, 1.165) is 0 Å². The zero-order chi connectivity index (χ0) is 7.98. The van der Waals surface area contributed by atoms with Gasteiger partial charge < -0.3 is 15.7 Å². The van der Waals surface area contributed by atoms with Crippen molar-refractivity contribution in [3.05, 3.63) is 0 Å². The van der Waals surface area contributed by atoms with Gasteiger partial charge in [-0.15, -0.1) is 0 Å². The molecule has 0 saturated carbocycles. The van der Waals surface area contributed by atoms with E-state index in [4.69, 9.17) is 5.11 Å². The van der Waals surface area contributed by atoms with Crippen molar-refractivity contribution in [3.63, 3.8) is 0 Å². The predicted octanol–water partition coefficient (Wildman–Crippen LogP) is -1.30. The Hall–Kier alpha value is -0.610. The van der Waals surface area contributed by atoms with E-state index in [1.165, 1.54) is 0 Å². The largest absolute Gasteiger partial charge is 0.395 e. The molecule has 0 radical (unpaired) electrons. The molecule has 0 fully saturated rings. The molecule has 4 nitrogen and oxygen atoms in total. The third-order valence-corrected chi connectivity index (χ3v) is 1.24. The lowest BCUT2D eigenvalue weighted by Gasteiger charge is -2.08. The number of carbonyl (C=O) groups is 1. The normalized spacial score (nSPS) is 12.7. The summed E-state index contributed by atoms with van der Waals surface area (Å²) in [6, 6.07) is -0.188. The van der Waals surface area contributed by atoms with E-state index >= 15 is 0 Å². The third kappa shape index (κ3) is 3.42. The summed E-state index contributed by atoms with van der Waals surface area (Å²) in [5.41, 5.74) is 0. The van der Waals surface area contributed by atoms with Crippen molar-refractivity contribution >= 4 is 5.91 Å². The summed E-state index contributed by atoms with van der Waals surface area (Å²) < 4.78 is 0. The lowest BCUT2D eigenvalue weighted by molar-refractivity contribution is -0.122. The van der Waals surface area contributed by atoms with Crippen LogP contribution < -0.4 is 10.6 Å². The molecule has 0 spiro atoms. The highest BCUT2D eigenvalue weighted by Crippen LogP contribution is 1.77. The number of nitrogens with one attached hydrogen (secondary N) is 2. The van der Waals surface area contributed by atoms with Gasteiger partial charge >= 0.3 is 0 Å². The van der Waals surface area contributed by atoms with Gasteiger partial charge in [0.15, 0.2) is 0 Å². The van der Waals surface area contributed by atoms with Crippen LogP contribution in [-0.2, 0) is 4.79 Å². The molecular formula is C6H14N2O2. The molecule has 0 aliphatic carbocycles. The molecule has 0 aliphatic rings. The molecule has 1 atom stereocenters. The minimum Gasteiger partial charge on any atom is -0.395 e. The molecule has 0 bridgehead atoms. The summed E-state index contributed by atoms with van der Waals surface area (Å²) in [5, 5.41) is 13.6. The lowest BCUT2D eigenvalue weighted by Crippen LogP contribution is -2.41. The Balaban J connectivity index is 3.42. The first kappa shape index (κ1) is 9.39. The van der Waals surface area contributed by atoms with E-state index in [1.807, 2.05) is 0 Å². The van der Waals surface area contributed by atoms with Crippen molar-refractivity contribution in [3.8, 4) is 0 Å². The molecule has 4 heteroatoms. The highest BCUT2D eigenvalue weighted by atomic mass is 16.3. The van der Waals surface area contributed by atoms with Gasteiger partial charge in [-0.3, -0.25) is 4.79 Å². The van der Waals surface area contributed by atoms with Gasteiger partial charge in [-0.2, -0.15) is 0 Å². The van der Waals surface area contributed by atoms with Crippen LogP contribution in [0.3, 0.4) is 0 Å². The molecule has 0 saturated heterocycles. The minimum absolute atomic E-state index is 0.0117. The molecule has 0 heterocycles. The second-order valence-electron chi connectivity index (χ2n) is 2.02. The molecule has 1 unspecified atom stereocenters. The van der Waals surface area contributed by atoms with Gasteiger partial charge in [0.25, 0.3) is 0 Å². The van der Waals surface area contributed by atoms with E-state index < -0.39 is 0 Å². The van der Waals surface area contributed by atoms with Gasteiger partial charge in [0, 0.05) is 6.54 Å². The summed E-state index contributed by atoms with van der Waals surface area (Å²) in [7, 11) is 1.71. The Morgan fingerprint density at radius 1 is 1.70 bits per heavy atom. The molecule has 0 aromatic carbocycles. The fraction of sp³-hybridized carbons (Fsp3) is 0.833. The number of likely N-dealkylation sites (N-methyl/N-ethyl adjacent to an activating group) is 1. The van der Waals surface area contributed by atoms with Gasteiger partial charge in [0.2, 0.25) is 5.91 Å². The van der Waals surface area contributed by atoms with Crippen molar-refractivity contribution in [2.75, 3.05) is 20.2 Å². The molecule has 3 N–H and O–H groups in total. The van der Waals surface area contributed by atoms with Crippen LogP contribution in [0.5, 0.6) is 0 Å². The lowest BCUT2D eigenvalue weighted by atomic mass is 10.3. The summed E-state index contributed by atoms with van der Waals surface area (Å²) in [6.45, 7) is 2.07. The van der Waals surface area contributed by atoms with Crippen LogP contribution in [0.25, 0.3) is 0 Å². The summed E-state index contributed by atoms with van der Waals surface area (Å²) in [5.74, 6) is -0.0865. The highest BCUT2D eigenvalue weighted by molar-refractivity contribution is 5.81. The maximum atomic E-state index is 10.8. The Morgan fingerprint density at radius 2 is 2.30 bits per heavy atom. The summed E-state index contributed by atoms with van der Waals surface area (Å²) >= 11 is 0. The van der Waals surface area contributed by atoms with Gasteiger partial charge in [-0.05, 0) is 14.0 Å². The maximum absolute atomic E-state index is 10.8. The smallest absolute Gasteiger partial charge is 0.236 e. The van der Waals surface area contributed by atoms with Crippen LogP contribution in [-0.4, -0.2) is 37.3 Å². The first-order valence-corrected chi connectivity index (χ1v) is 3.28. The minimum atomic E-state index is -0.188. The van der Waals surface area contributed by atoms with Crippen molar-refractivity contribution < 1.29 is 9.90 Å². The number of aliphatic hydroxyl groups is 1. The first-order valence-electron chi connectivity index (χ1n) is 3.28. The van der Waals surface area contributed by atoms with Gasteiger partial charge in [-0.1, -0.05) is 0 Å². The zero-order valence-corrected chi connectivity index (χ0v) is 6.35. The van der Waals surface area contributed by atoms with Crippen LogP contribution in [0.1, 0.15) is 6.92 Å². The number of hydrogen-bond acceptors (Lipinski definition) is 3. The van der Waals surface area contributed by atoms with Crippen LogP contribution >= 0.6 is 0 Å². The van der Waals surface area contributed by atoms with Crippen LogP contribution in [0.2, 0.25) is 0 Å². The second kappa shape index (κ2) is 5.20. The second-order valence-corrected chi connectivity index (χ2v) is 2.02. The number of aliphatic hydroxyl groups excluding tert-OH is 1. The van der Waals surface area contributed by atoms with Gasteiger partial charge in [0.1, 0.15) is 0 Å². The number of carbonyl (C=O) groups excluding carboxylic acids is 1. The molecule has 0 aromatic heterocycles. The first-order chi connectivity index (χ1) is 4.72. The number of rotatable bonds is 4. The maximum Gasteiger partial charge on any atom is 0.236 e. The average molecular weight is 146 g/mol. The Kier molecular flexibility index (Phi) is 4.88. The number of hydrogen-bond donors (Lipinski definition) is 3. The molecule has 0 aromatic rings.